The van der Waals surface area contributed by atoms with Gasteiger partial charge in [0.2, 0.25) is 5.95 Å². The van der Waals surface area contributed by atoms with Gasteiger partial charge in [0.1, 0.15) is 5.60 Å². The van der Waals surface area contributed by atoms with E-state index in [0.717, 1.165) is 42.0 Å². The number of imidazole rings is 1. The molecular formula is C17H22BrN5O2. The summed E-state index contributed by atoms with van der Waals surface area (Å²) in [5.74, 6) is 0.921. The van der Waals surface area contributed by atoms with Crippen molar-refractivity contribution in [1.29, 1.82) is 0 Å². The Hall–Kier alpha value is -1.83. The number of anilines is 1. The first-order chi connectivity index (χ1) is 11.7. The fourth-order valence-corrected chi connectivity index (χ4v) is 4.23. The number of fused-ring (bicyclic) bond motifs is 1. The summed E-state index contributed by atoms with van der Waals surface area (Å²) in [5.41, 5.74) is 0.716. The van der Waals surface area contributed by atoms with Crippen LogP contribution in [0.1, 0.15) is 33.6 Å². The van der Waals surface area contributed by atoms with E-state index in [1.807, 2.05) is 31.4 Å². The van der Waals surface area contributed by atoms with Crippen LogP contribution in [0.4, 0.5) is 10.7 Å². The topological polar surface area (TPSA) is 71.8 Å². The van der Waals surface area contributed by atoms with Gasteiger partial charge in [0.15, 0.2) is 5.65 Å². The first kappa shape index (κ1) is 16.6. The van der Waals surface area contributed by atoms with Gasteiger partial charge in [-0.25, -0.2) is 14.8 Å². The lowest BCUT2D eigenvalue weighted by molar-refractivity contribution is 0.0210. The molecule has 0 atom stereocenters. The molecule has 2 aromatic heterocycles. The summed E-state index contributed by atoms with van der Waals surface area (Å²) in [6.45, 7) is 7.55. The molecule has 1 saturated carbocycles. The number of carbonyl (C=O) groups excluding carboxylic acids is 1. The van der Waals surface area contributed by atoms with Gasteiger partial charge < -0.3 is 15.0 Å². The zero-order valence-electron chi connectivity index (χ0n) is 14.6. The predicted molar refractivity (Wildman–Crippen MR) is 97.7 cm³/mol. The number of alkyl carbamates (subject to hydrolysis) is 1. The molecule has 3 heterocycles. The van der Waals surface area contributed by atoms with E-state index in [-0.39, 0.29) is 12.1 Å². The maximum atomic E-state index is 11.8. The highest BCUT2D eigenvalue weighted by Gasteiger charge is 2.53. The summed E-state index contributed by atoms with van der Waals surface area (Å²) in [5, 5.41) is 2.97. The Morgan fingerprint density at radius 3 is 2.76 bits per heavy atom. The fourth-order valence-electron chi connectivity index (χ4n) is 3.83. The number of rotatable bonds is 2. The Morgan fingerprint density at radius 2 is 2.08 bits per heavy atom. The van der Waals surface area contributed by atoms with Crippen molar-refractivity contribution in [2.45, 2.75) is 45.3 Å². The van der Waals surface area contributed by atoms with Gasteiger partial charge in [-0.15, -0.1) is 0 Å². The number of carbonyl (C=O) groups is 1. The van der Waals surface area contributed by atoms with Crippen LogP contribution in [-0.4, -0.2) is 45.2 Å². The van der Waals surface area contributed by atoms with E-state index in [2.05, 4.69) is 36.1 Å². The Balaban J connectivity index is 1.33. The van der Waals surface area contributed by atoms with Crippen molar-refractivity contribution < 1.29 is 9.53 Å². The van der Waals surface area contributed by atoms with Crippen molar-refractivity contribution in [3.05, 3.63) is 23.1 Å². The monoisotopic (exact) mass is 407 g/mol. The molecule has 7 nitrogen and oxygen atoms in total. The maximum absolute atomic E-state index is 11.8. The van der Waals surface area contributed by atoms with Crippen LogP contribution in [0.25, 0.3) is 5.65 Å². The smallest absolute Gasteiger partial charge is 0.407 e. The van der Waals surface area contributed by atoms with Crippen LogP contribution in [0, 0.1) is 5.41 Å². The molecule has 0 aromatic carbocycles. The molecule has 0 bridgehead atoms. The summed E-state index contributed by atoms with van der Waals surface area (Å²) in [4.78, 5) is 23.0. The van der Waals surface area contributed by atoms with E-state index in [4.69, 9.17) is 4.74 Å². The highest BCUT2D eigenvalue weighted by Crippen LogP contribution is 2.49. The van der Waals surface area contributed by atoms with Gasteiger partial charge >= 0.3 is 6.09 Å². The lowest BCUT2D eigenvalue weighted by Crippen LogP contribution is -2.67. The third-order valence-electron chi connectivity index (χ3n) is 4.78. The standard InChI is InChI=1S/C17H22BrN5O2/c1-16(2,3)25-15(24)21-11-6-17(7-11)9-22(10-17)14-20-8-12(18)13-19-4-5-23(13)14/h4-5,8,11H,6-7,9-10H2,1-3H3,(H,21,24). The molecule has 1 aliphatic heterocycles. The number of hydrogen-bond donors (Lipinski definition) is 1. The molecule has 2 fully saturated rings. The van der Waals surface area contributed by atoms with Gasteiger partial charge in [0, 0.05) is 43.1 Å². The highest BCUT2D eigenvalue weighted by atomic mass is 79.9. The van der Waals surface area contributed by atoms with Crippen LogP contribution in [0.5, 0.6) is 0 Å². The third-order valence-corrected chi connectivity index (χ3v) is 5.34. The van der Waals surface area contributed by atoms with Crippen LogP contribution in [0.2, 0.25) is 0 Å². The minimum Gasteiger partial charge on any atom is -0.444 e. The first-order valence-corrected chi connectivity index (χ1v) is 9.26. The normalized spacial score (nSPS) is 19.6. The van der Waals surface area contributed by atoms with E-state index in [0.29, 0.717) is 5.41 Å². The van der Waals surface area contributed by atoms with Crippen molar-refractivity contribution in [2.24, 2.45) is 5.41 Å². The Kier molecular flexibility index (Phi) is 3.72. The van der Waals surface area contributed by atoms with Crippen molar-refractivity contribution in [3.63, 3.8) is 0 Å². The minimum atomic E-state index is -0.456. The number of ether oxygens (including phenoxy) is 1. The maximum Gasteiger partial charge on any atom is 0.407 e. The Morgan fingerprint density at radius 1 is 1.36 bits per heavy atom. The molecule has 4 rings (SSSR count). The van der Waals surface area contributed by atoms with Crippen LogP contribution >= 0.6 is 15.9 Å². The molecule has 1 amide bonds. The third kappa shape index (κ3) is 3.07. The number of aromatic nitrogens is 3. The molecule has 134 valence electrons. The van der Waals surface area contributed by atoms with Crippen molar-refractivity contribution in [1.82, 2.24) is 19.7 Å². The average Bonchev–Trinajstić information content (AvgIpc) is 2.89. The molecule has 25 heavy (non-hydrogen) atoms. The molecule has 1 N–H and O–H groups in total. The molecule has 2 aromatic rings. The number of nitrogens with one attached hydrogen (secondary N) is 1. The van der Waals surface area contributed by atoms with E-state index < -0.39 is 5.60 Å². The predicted octanol–water partition coefficient (Wildman–Crippen LogP) is 2.99. The average molecular weight is 408 g/mol. The van der Waals surface area contributed by atoms with Crippen LogP contribution in [0.3, 0.4) is 0 Å². The quantitative estimate of drug-likeness (QED) is 0.828. The number of amides is 1. The first-order valence-electron chi connectivity index (χ1n) is 8.47. The fraction of sp³-hybridized carbons (Fsp3) is 0.588. The SMILES string of the molecule is CC(C)(C)OC(=O)NC1CC2(C1)CN(c1ncc(Br)c3nccn13)C2. The molecule has 1 saturated heterocycles. The van der Waals surface area contributed by atoms with Crippen LogP contribution in [0.15, 0.2) is 23.1 Å². The van der Waals surface area contributed by atoms with Crippen LogP contribution < -0.4 is 10.2 Å². The molecule has 8 heteroatoms. The summed E-state index contributed by atoms with van der Waals surface area (Å²) < 4.78 is 8.22. The molecule has 1 aliphatic carbocycles. The molecule has 2 aliphatic rings. The number of nitrogens with zero attached hydrogens (tertiary/aromatic N) is 4. The molecular weight excluding hydrogens is 386 g/mol. The summed E-state index contributed by atoms with van der Waals surface area (Å²) >= 11 is 3.48. The minimum absolute atomic E-state index is 0.211. The Bertz CT molecular complexity index is 814. The molecule has 0 unspecified atom stereocenters. The summed E-state index contributed by atoms with van der Waals surface area (Å²) in [7, 11) is 0. The lowest BCUT2D eigenvalue weighted by Gasteiger charge is -2.59. The van der Waals surface area contributed by atoms with Gasteiger partial charge in [-0.1, -0.05) is 0 Å². The van der Waals surface area contributed by atoms with E-state index in [1.54, 1.807) is 12.4 Å². The van der Waals surface area contributed by atoms with Crippen molar-refractivity contribution in [3.8, 4) is 0 Å². The second-order valence-corrected chi connectivity index (χ2v) is 8.99. The van der Waals surface area contributed by atoms with Crippen LogP contribution in [-0.2, 0) is 4.74 Å². The van der Waals surface area contributed by atoms with E-state index >= 15 is 0 Å². The van der Waals surface area contributed by atoms with Crippen molar-refractivity contribution in [2.75, 3.05) is 18.0 Å². The van der Waals surface area contributed by atoms with Gasteiger partial charge in [-0.2, -0.15) is 0 Å². The largest absolute Gasteiger partial charge is 0.444 e. The second kappa shape index (κ2) is 5.59. The van der Waals surface area contributed by atoms with E-state index in [1.165, 1.54) is 0 Å². The lowest BCUT2D eigenvalue weighted by atomic mass is 9.61. The zero-order valence-corrected chi connectivity index (χ0v) is 16.2. The molecule has 1 spiro atoms. The van der Waals surface area contributed by atoms with Gasteiger partial charge in [-0.3, -0.25) is 4.40 Å². The van der Waals surface area contributed by atoms with Gasteiger partial charge in [0.25, 0.3) is 0 Å². The summed E-state index contributed by atoms with van der Waals surface area (Å²) in [6, 6.07) is 0.211. The Labute approximate surface area is 154 Å². The number of halogens is 1. The number of hydrogen-bond acceptors (Lipinski definition) is 5. The van der Waals surface area contributed by atoms with Gasteiger partial charge in [-0.05, 0) is 49.5 Å². The van der Waals surface area contributed by atoms with Gasteiger partial charge in [0.05, 0.1) is 4.47 Å². The second-order valence-electron chi connectivity index (χ2n) is 8.13. The zero-order chi connectivity index (χ0) is 17.8. The van der Waals surface area contributed by atoms with E-state index in [9.17, 15) is 4.79 Å². The summed E-state index contributed by atoms with van der Waals surface area (Å²) in [6.07, 6.45) is 7.18. The van der Waals surface area contributed by atoms with Crippen molar-refractivity contribution >= 4 is 33.6 Å². The molecule has 0 radical (unpaired) electrons. The highest BCUT2D eigenvalue weighted by molar-refractivity contribution is 9.10.